The quantitative estimate of drug-likeness (QED) is 0.507. The number of aryl methyl sites for hydroxylation is 3. The van der Waals surface area contributed by atoms with Gasteiger partial charge in [-0.1, -0.05) is 6.92 Å². The average molecular weight is 438 g/mol. The van der Waals surface area contributed by atoms with Crippen LogP contribution in [-0.4, -0.2) is 28.7 Å². The van der Waals surface area contributed by atoms with Crippen molar-refractivity contribution in [2.75, 3.05) is 5.75 Å². The number of nitrogens with one attached hydrogen (secondary N) is 1. The molecular formula is C23H23N3O4S. The van der Waals surface area contributed by atoms with Crippen molar-refractivity contribution in [3.05, 3.63) is 70.5 Å². The SMILES string of the molecule is CCS(=O)(=O)c1ccc(Oc2cnc(C)cc2C)c(-c2cn(C)c3c(=O)[nH]ccc23)c1. The number of aromatic amines is 1. The molecule has 0 saturated heterocycles. The number of benzene rings is 1. The highest BCUT2D eigenvalue weighted by molar-refractivity contribution is 7.91. The highest BCUT2D eigenvalue weighted by Gasteiger charge is 2.20. The summed E-state index contributed by atoms with van der Waals surface area (Å²) in [5.41, 5.74) is 3.38. The molecule has 0 fully saturated rings. The zero-order chi connectivity index (χ0) is 22.3. The summed E-state index contributed by atoms with van der Waals surface area (Å²) in [6.07, 6.45) is 5.04. The van der Waals surface area contributed by atoms with Crippen LogP contribution in [0.25, 0.3) is 22.0 Å². The Labute approximate surface area is 180 Å². The van der Waals surface area contributed by atoms with E-state index in [1.165, 1.54) is 0 Å². The van der Waals surface area contributed by atoms with E-state index in [-0.39, 0.29) is 16.2 Å². The first-order chi connectivity index (χ1) is 14.7. The Morgan fingerprint density at radius 2 is 1.87 bits per heavy atom. The topological polar surface area (TPSA) is 94.1 Å². The first-order valence-electron chi connectivity index (χ1n) is 9.86. The summed E-state index contributed by atoms with van der Waals surface area (Å²) >= 11 is 0. The smallest absolute Gasteiger partial charge is 0.272 e. The standard InChI is InChI=1S/C23H23N3O4S/c1-5-31(28,29)16-6-7-20(30-21-12-25-15(3)10-14(21)2)18(11-16)19-13-26(4)22-17(19)8-9-24-23(22)27/h6-13H,5H2,1-4H3,(H,24,27). The molecule has 3 heterocycles. The number of aromatic nitrogens is 3. The van der Waals surface area contributed by atoms with Crippen molar-refractivity contribution in [1.29, 1.82) is 0 Å². The van der Waals surface area contributed by atoms with Crippen molar-refractivity contribution in [2.24, 2.45) is 7.05 Å². The van der Waals surface area contributed by atoms with Crippen molar-refractivity contribution in [2.45, 2.75) is 25.7 Å². The Bertz CT molecular complexity index is 1470. The summed E-state index contributed by atoms with van der Waals surface area (Å²) in [5.74, 6) is 1.05. The van der Waals surface area contributed by atoms with Gasteiger partial charge in [0.1, 0.15) is 17.0 Å². The number of fused-ring (bicyclic) bond motifs is 1. The van der Waals surface area contributed by atoms with Gasteiger partial charge in [0, 0.05) is 41.6 Å². The highest BCUT2D eigenvalue weighted by Crippen LogP contribution is 2.39. The molecule has 0 aliphatic rings. The summed E-state index contributed by atoms with van der Waals surface area (Å²) in [5, 5.41) is 0.709. The molecular weight excluding hydrogens is 414 g/mol. The predicted octanol–water partition coefficient (Wildman–Crippen LogP) is 4.13. The summed E-state index contributed by atoms with van der Waals surface area (Å²) in [6.45, 7) is 5.44. The monoisotopic (exact) mass is 437 g/mol. The average Bonchev–Trinajstić information content (AvgIpc) is 3.08. The Morgan fingerprint density at radius 3 is 2.58 bits per heavy atom. The van der Waals surface area contributed by atoms with Crippen LogP contribution in [-0.2, 0) is 16.9 Å². The predicted molar refractivity (Wildman–Crippen MR) is 120 cm³/mol. The number of ether oxygens (including phenoxy) is 1. The van der Waals surface area contributed by atoms with E-state index in [4.69, 9.17) is 4.74 Å². The molecule has 0 aliphatic heterocycles. The van der Waals surface area contributed by atoms with E-state index in [2.05, 4.69) is 9.97 Å². The van der Waals surface area contributed by atoms with Crippen LogP contribution >= 0.6 is 0 Å². The molecule has 8 heteroatoms. The van der Waals surface area contributed by atoms with Crippen LogP contribution in [0.3, 0.4) is 0 Å². The minimum absolute atomic E-state index is 0.0111. The van der Waals surface area contributed by atoms with Gasteiger partial charge in [-0.2, -0.15) is 0 Å². The third kappa shape index (κ3) is 3.74. The minimum atomic E-state index is -3.43. The van der Waals surface area contributed by atoms with Gasteiger partial charge in [0.15, 0.2) is 9.84 Å². The van der Waals surface area contributed by atoms with Crippen molar-refractivity contribution in [1.82, 2.24) is 14.5 Å². The molecule has 7 nitrogen and oxygen atoms in total. The van der Waals surface area contributed by atoms with Gasteiger partial charge in [-0.25, -0.2) is 8.42 Å². The first kappa shape index (κ1) is 20.9. The van der Waals surface area contributed by atoms with Gasteiger partial charge in [0.25, 0.3) is 5.56 Å². The van der Waals surface area contributed by atoms with Crippen molar-refractivity contribution >= 4 is 20.7 Å². The third-order valence-corrected chi connectivity index (χ3v) is 7.03. The van der Waals surface area contributed by atoms with Gasteiger partial charge < -0.3 is 14.3 Å². The molecule has 0 amide bonds. The number of H-pyrrole nitrogens is 1. The molecule has 1 aromatic carbocycles. The van der Waals surface area contributed by atoms with Gasteiger partial charge in [-0.15, -0.1) is 0 Å². The van der Waals surface area contributed by atoms with Crippen LogP contribution in [0, 0.1) is 13.8 Å². The molecule has 4 rings (SSSR count). The molecule has 3 aromatic heterocycles. The first-order valence-corrected chi connectivity index (χ1v) is 11.5. The normalized spacial score (nSPS) is 11.7. The van der Waals surface area contributed by atoms with E-state index in [1.54, 1.807) is 55.2 Å². The maximum Gasteiger partial charge on any atom is 0.272 e. The van der Waals surface area contributed by atoms with E-state index in [1.807, 2.05) is 26.1 Å². The molecule has 0 radical (unpaired) electrons. The number of hydrogen-bond donors (Lipinski definition) is 1. The largest absolute Gasteiger partial charge is 0.455 e. The van der Waals surface area contributed by atoms with Crippen molar-refractivity contribution < 1.29 is 13.2 Å². The second-order valence-corrected chi connectivity index (χ2v) is 9.76. The maximum atomic E-state index is 12.6. The Hall–Kier alpha value is -3.39. The van der Waals surface area contributed by atoms with E-state index >= 15 is 0 Å². The van der Waals surface area contributed by atoms with Gasteiger partial charge in [0.05, 0.1) is 16.8 Å². The van der Waals surface area contributed by atoms with Gasteiger partial charge >= 0.3 is 0 Å². The molecule has 4 aromatic rings. The van der Waals surface area contributed by atoms with Crippen molar-refractivity contribution in [3.8, 4) is 22.6 Å². The lowest BCUT2D eigenvalue weighted by molar-refractivity contribution is 0.477. The van der Waals surface area contributed by atoms with Crippen LogP contribution in [0.15, 0.2) is 58.6 Å². The number of rotatable bonds is 5. The Morgan fingerprint density at radius 1 is 1.10 bits per heavy atom. The summed E-state index contributed by atoms with van der Waals surface area (Å²) in [4.78, 5) is 19.5. The summed E-state index contributed by atoms with van der Waals surface area (Å²) < 4.78 is 33.0. The minimum Gasteiger partial charge on any atom is -0.455 e. The van der Waals surface area contributed by atoms with Crippen LogP contribution in [0.4, 0.5) is 0 Å². The fourth-order valence-corrected chi connectivity index (χ4v) is 4.56. The molecule has 0 unspecified atom stereocenters. The Kier molecular flexibility index (Phi) is 5.18. The number of nitrogens with zero attached hydrogens (tertiary/aromatic N) is 2. The van der Waals surface area contributed by atoms with E-state index < -0.39 is 9.84 Å². The maximum absolute atomic E-state index is 12.6. The van der Waals surface area contributed by atoms with Crippen LogP contribution in [0.2, 0.25) is 0 Å². The molecule has 160 valence electrons. The van der Waals surface area contributed by atoms with E-state index in [0.717, 1.165) is 11.3 Å². The fraction of sp³-hybridized carbons (Fsp3) is 0.217. The fourth-order valence-electron chi connectivity index (χ4n) is 3.66. The van der Waals surface area contributed by atoms with Crippen LogP contribution in [0.5, 0.6) is 11.5 Å². The molecule has 0 atom stereocenters. The third-order valence-electron chi connectivity index (χ3n) is 5.30. The second kappa shape index (κ2) is 7.70. The molecule has 0 saturated carbocycles. The number of hydrogen-bond acceptors (Lipinski definition) is 5. The zero-order valence-corrected chi connectivity index (χ0v) is 18.6. The number of pyridine rings is 2. The second-order valence-electron chi connectivity index (χ2n) is 7.48. The van der Waals surface area contributed by atoms with E-state index in [0.29, 0.717) is 33.5 Å². The molecule has 31 heavy (non-hydrogen) atoms. The summed E-state index contributed by atoms with van der Waals surface area (Å²) in [6, 6.07) is 8.54. The Balaban J connectivity index is 1.98. The lowest BCUT2D eigenvalue weighted by atomic mass is 10.0. The lowest BCUT2D eigenvalue weighted by Gasteiger charge is -2.14. The molecule has 0 bridgehead atoms. The molecule has 0 spiro atoms. The molecule has 0 aliphatic carbocycles. The molecule has 1 N–H and O–H groups in total. The van der Waals surface area contributed by atoms with Gasteiger partial charge in [0.2, 0.25) is 0 Å². The van der Waals surface area contributed by atoms with E-state index in [9.17, 15) is 13.2 Å². The number of sulfone groups is 1. The lowest BCUT2D eigenvalue weighted by Crippen LogP contribution is -2.07. The van der Waals surface area contributed by atoms with Crippen LogP contribution in [0.1, 0.15) is 18.2 Å². The van der Waals surface area contributed by atoms with Crippen LogP contribution < -0.4 is 10.3 Å². The highest BCUT2D eigenvalue weighted by atomic mass is 32.2. The zero-order valence-electron chi connectivity index (χ0n) is 17.8. The summed E-state index contributed by atoms with van der Waals surface area (Å²) in [7, 11) is -1.65. The van der Waals surface area contributed by atoms with Gasteiger partial charge in [-0.3, -0.25) is 9.78 Å². The van der Waals surface area contributed by atoms with Gasteiger partial charge in [-0.05, 0) is 49.7 Å². The van der Waals surface area contributed by atoms with Crippen molar-refractivity contribution in [3.63, 3.8) is 0 Å².